The van der Waals surface area contributed by atoms with E-state index in [4.69, 9.17) is 57.2 Å². The summed E-state index contributed by atoms with van der Waals surface area (Å²) < 4.78 is 21.2. The molecule has 5 unspecified atom stereocenters. The number of aliphatic hydroxyl groups is 5. The van der Waals surface area contributed by atoms with Gasteiger partial charge in [-0.15, -0.1) is 0 Å². The van der Waals surface area contributed by atoms with Crippen molar-refractivity contribution in [1.29, 1.82) is 0 Å². The first-order valence-corrected chi connectivity index (χ1v) is 12.7. The Labute approximate surface area is 212 Å². The molecular weight excluding hydrogens is 476 g/mol. The molecule has 0 bridgehead atoms. The van der Waals surface area contributed by atoms with E-state index in [1.165, 1.54) is 0 Å². The van der Waals surface area contributed by atoms with Gasteiger partial charge in [0.1, 0.15) is 30.7 Å². The van der Waals surface area contributed by atoms with Gasteiger partial charge >= 0.3 is 0 Å². The Kier molecular flexibility index (Phi) is 14.0. The topological polar surface area (TPSA) is 242 Å². The predicted octanol–water partition coefficient (Wildman–Crippen LogP) is -2.91. The summed E-state index contributed by atoms with van der Waals surface area (Å²) in [5, 5.41) is 45.1. The zero-order valence-corrected chi connectivity index (χ0v) is 20.8. The first-order valence-electron chi connectivity index (χ1n) is 12.7. The molecule has 13 nitrogen and oxygen atoms in total. The molecule has 212 valence electrons. The minimum atomic E-state index is -1.27. The van der Waals surface area contributed by atoms with Gasteiger partial charge in [-0.25, -0.2) is 0 Å². The third kappa shape index (κ3) is 10.1. The van der Waals surface area contributed by atoms with E-state index in [0.29, 0.717) is 0 Å². The lowest BCUT2D eigenvalue weighted by Gasteiger charge is -2.38. The summed E-state index contributed by atoms with van der Waals surface area (Å²) in [5.74, 6) is 0.733. The number of aliphatic hydroxyl groups excluding tert-OH is 5. The molecule has 9 atom stereocenters. The SMILES string of the molecule is NC1CC(N)CC(OC2CCC(CO)O2)C1.NC[C@@H]1O[C@H](O)[C@H](N)C(O)[C@@H]1O.OCC1=CCCCO1. The Balaban J connectivity index is 0.000000202. The first kappa shape index (κ1) is 31.3. The fraction of sp³-hybridized carbons (Fsp3) is 0.913. The monoisotopic (exact) mass is 522 g/mol. The molecule has 0 radical (unpaired) electrons. The van der Waals surface area contributed by atoms with E-state index in [-0.39, 0.29) is 50.3 Å². The second-order valence-electron chi connectivity index (χ2n) is 9.61. The van der Waals surface area contributed by atoms with Crippen molar-refractivity contribution < 1.29 is 44.5 Å². The summed E-state index contributed by atoms with van der Waals surface area (Å²) in [4.78, 5) is 0. The summed E-state index contributed by atoms with van der Waals surface area (Å²) in [7, 11) is 0. The Hall–Kier alpha value is -0.940. The lowest BCUT2D eigenvalue weighted by atomic mass is 9.90. The van der Waals surface area contributed by atoms with Crippen LogP contribution in [0.25, 0.3) is 0 Å². The van der Waals surface area contributed by atoms with E-state index >= 15 is 0 Å². The van der Waals surface area contributed by atoms with Crippen LogP contribution in [0.3, 0.4) is 0 Å². The lowest BCUT2D eigenvalue weighted by Crippen LogP contribution is -2.62. The molecule has 3 aliphatic heterocycles. The standard InChI is InChI=1S/C11H22N2O3.C6H14N2O4.C6H10O2/c12-7-3-8(13)5-10(4-7)16-11-2-1-9(6-14)15-11;7-1-2-4(9)5(10)3(8)6(11)12-2;7-5-6-3-1-2-4-8-6/h7-11,14H,1-6,12-13H2;2-6,9-11H,1,7-8H2;3,7H,1-2,4-5H2/t;2-,3+,4+,5?,6-;/m.0./s1. The Morgan fingerprint density at radius 1 is 0.944 bits per heavy atom. The lowest BCUT2D eigenvalue weighted by molar-refractivity contribution is -0.238. The highest BCUT2D eigenvalue weighted by Crippen LogP contribution is 2.26. The van der Waals surface area contributed by atoms with Gasteiger partial charge in [-0.2, -0.15) is 0 Å². The minimum absolute atomic E-state index is 0.0298. The zero-order valence-electron chi connectivity index (χ0n) is 20.8. The van der Waals surface area contributed by atoms with Gasteiger partial charge in [-0.1, -0.05) is 0 Å². The largest absolute Gasteiger partial charge is 0.496 e. The maximum absolute atomic E-state index is 9.28. The number of hydrogen-bond acceptors (Lipinski definition) is 13. The molecule has 0 spiro atoms. The van der Waals surface area contributed by atoms with Crippen LogP contribution in [0.5, 0.6) is 0 Å². The first-order chi connectivity index (χ1) is 17.2. The van der Waals surface area contributed by atoms with Crippen LogP contribution >= 0.6 is 0 Å². The molecule has 0 aromatic heterocycles. The third-order valence-electron chi connectivity index (χ3n) is 6.52. The van der Waals surface area contributed by atoms with Gasteiger partial charge in [0.2, 0.25) is 0 Å². The summed E-state index contributed by atoms with van der Waals surface area (Å²) in [6.07, 6.45) is 3.92. The van der Waals surface area contributed by atoms with Crippen LogP contribution in [-0.4, -0.2) is 113 Å². The van der Waals surface area contributed by atoms with Crippen LogP contribution in [0.1, 0.15) is 44.9 Å². The van der Waals surface area contributed by atoms with Gasteiger partial charge in [0.15, 0.2) is 12.6 Å². The molecule has 4 rings (SSSR count). The van der Waals surface area contributed by atoms with Crippen LogP contribution in [-0.2, 0) is 18.9 Å². The van der Waals surface area contributed by atoms with Crippen molar-refractivity contribution >= 4 is 0 Å². The average molecular weight is 523 g/mol. The zero-order chi connectivity index (χ0) is 26.7. The van der Waals surface area contributed by atoms with Crippen molar-refractivity contribution in [2.24, 2.45) is 22.9 Å². The van der Waals surface area contributed by atoms with Crippen LogP contribution < -0.4 is 22.9 Å². The summed E-state index contributed by atoms with van der Waals surface area (Å²) in [5.41, 5.74) is 22.3. The molecule has 1 aliphatic carbocycles. The molecule has 0 aromatic carbocycles. The van der Waals surface area contributed by atoms with Gasteiger partial charge in [0.25, 0.3) is 0 Å². The second-order valence-corrected chi connectivity index (χ2v) is 9.61. The highest BCUT2D eigenvalue weighted by atomic mass is 16.7. The quantitative estimate of drug-likeness (QED) is 0.176. The number of allylic oxidation sites excluding steroid dienone is 1. The van der Waals surface area contributed by atoms with Gasteiger partial charge in [0.05, 0.1) is 31.5 Å². The Morgan fingerprint density at radius 2 is 1.64 bits per heavy atom. The van der Waals surface area contributed by atoms with Crippen molar-refractivity contribution in [3.63, 3.8) is 0 Å². The van der Waals surface area contributed by atoms with Crippen molar-refractivity contribution in [1.82, 2.24) is 0 Å². The van der Waals surface area contributed by atoms with Gasteiger partial charge in [-0.3, -0.25) is 0 Å². The molecule has 2 saturated heterocycles. The average Bonchev–Trinajstić information content (AvgIpc) is 3.33. The van der Waals surface area contributed by atoms with Gasteiger partial charge in [-0.05, 0) is 44.6 Å². The third-order valence-corrected chi connectivity index (χ3v) is 6.52. The van der Waals surface area contributed by atoms with Crippen LogP contribution in [0.4, 0.5) is 0 Å². The normalized spacial score (nSPS) is 40.6. The molecule has 13 heteroatoms. The van der Waals surface area contributed by atoms with E-state index in [0.717, 1.165) is 57.3 Å². The Bertz CT molecular complexity index is 632. The van der Waals surface area contributed by atoms with Crippen molar-refractivity contribution in [2.45, 2.75) is 106 Å². The van der Waals surface area contributed by atoms with Crippen molar-refractivity contribution in [3.05, 3.63) is 11.8 Å². The van der Waals surface area contributed by atoms with Gasteiger partial charge < -0.3 is 67.4 Å². The molecule has 0 aromatic rings. The molecule has 36 heavy (non-hydrogen) atoms. The number of rotatable bonds is 5. The van der Waals surface area contributed by atoms with E-state index in [2.05, 4.69) is 0 Å². The molecule has 13 N–H and O–H groups in total. The predicted molar refractivity (Wildman–Crippen MR) is 130 cm³/mol. The minimum Gasteiger partial charge on any atom is -0.496 e. The number of hydrogen-bond donors (Lipinski definition) is 9. The highest BCUT2D eigenvalue weighted by molar-refractivity contribution is 4.95. The fourth-order valence-corrected chi connectivity index (χ4v) is 4.47. The molecule has 4 aliphatic rings. The number of nitrogens with two attached hydrogens (primary N) is 4. The maximum Gasteiger partial charge on any atom is 0.172 e. The Morgan fingerprint density at radius 3 is 2.14 bits per heavy atom. The summed E-state index contributed by atoms with van der Waals surface area (Å²) in [6, 6.07) is -0.699. The van der Waals surface area contributed by atoms with Crippen molar-refractivity contribution in [2.75, 3.05) is 26.4 Å². The van der Waals surface area contributed by atoms with Crippen LogP contribution in [0.15, 0.2) is 11.8 Å². The molecular formula is C23H46N4O9. The highest BCUT2D eigenvalue weighted by Gasteiger charge is 2.41. The molecule has 3 fully saturated rings. The molecule has 3 heterocycles. The van der Waals surface area contributed by atoms with Crippen molar-refractivity contribution in [3.8, 4) is 0 Å². The van der Waals surface area contributed by atoms with Crippen LogP contribution in [0.2, 0.25) is 0 Å². The van der Waals surface area contributed by atoms with Crippen LogP contribution in [0, 0.1) is 0 Å². The van der Waals surface area contributed by atoms with E-state index in [1.807, 2.05) is 6.08 Å². The van der Waals surface area contributed by atoms with E-state index in [1.54, 1.807) is 0 Å². The fourth-order valence-electron chi connectivity index (χ4n) is 4.47. The van der Waals surface area contributed by atoms with E-state index < -0.39 is 30.6 Å². The van der Waals surface area contributed by atoms with Gasteiger partial charge in [0, 0.05) is 25.0 Å². The number of ether oxygens (including phenoxy) is 4. The summed E-state index contributed by atoms with van der Waals surface area (Å²) >= 11 is 0. The summed E-state index contributed by atoms with van der Waals surface area (Å²) in [6.45, 7) is 0.929. The second kappa shape index (κ2) is 16.1. The molecule has 0 amide bonds. The maximum atomic E-state index is 9.28. The molecule has 1 saturated carbocycles. The smallest absolute Gasteiger partial charge is 0.172 e. The van der Waals surface area contributed by atoms with E-state index in [9.17, 15) is 10.2 Å².